The van der Waals surface area contributed by atoms with Crippen LogP contribution in [0.4, 0.5) is 11.4 Å². The summed E-state index contributed by atoms with van der Waals surface area (Å²) in [6, 6.07) is 2.86. The maximum atomic E-state index is 12.9. The van der Waals surface area contributed by atoms with Crippen LogP contribution in [0.3, 0.4) is 0 Å². The quantitative estimate of drug-likeness (QED) is 0.0250. The zero-order chi connectivity index (χ0) is 61.3. The first-order valence-corrected chi connectivity index (χ1v) is 30.0. The Morgan fingerprint density at radius 1 is 0.566 bits per heavy atom. The van der Waals surface area contributed by atoms with Gasteiger partial charge in [-0.1, -0.05) is 116 Å². The predicted octanol–water partition coefficient (Wildman–Crippen LogP) is 19.3. The number of rotatable bonds is 39. The van der Waals surface area contributed by atoms with Crippen molar-refractivity contribution in [2.24, 2.45) is 0 Å². The van der Waals surface area contributed by atoms with E-state index in [1.165, 1.54) is 88.5 Å². The van der Waals surface area contributed by atoms with Gasteiger partial charge in [0.15, 0.2) is 23.6 Å². The van der Waals surface area contributed by atoms with E-state index in [9.17, 15) is 20.0 Å². The van der Waals surface area contributed by atoms with Crippen molar-refractivity contribution in [2.75, 3.05) is 45.9 Å². The zero-order valence-electron chi connectivity index (χ0n) is 53.5. The molecule has 1 N–H and O–H groups in total. The van der Waals surface area contributed by atoms with Gasteiger partial charge in [0.1, 0.15) is 6.61 Å². The first-order valence-electron chi connectivity index (χ1n) is 30.0. The third-order valence-corrected chi connectivity index (χ3v) is 15.1. The van der Waals surface area contributed by atoms with E-state index in [4.69, 9.17) is 23.6 Å². The fourth-order valence-corrected chi connectivity index (χ4v) is 9.67. The van der Waals surface area contributed by atoms with Crippen molar-refractivity contribution in [1.29, 1.82) is 0 Å². The lowest BCUT2D eigenvalue weighted by molar-refractivity contribution is -0.383. The molecular formula is C70H102N4O9. The molecule has 0 aliphatic heterocycles. The van der Waals surface area contributed by atoms with E-state index in [-0.39, 0.29) is 52.9 Å². The van der Waals surface area contributed by atoms with Gasteiger partial charge in [0.05, 0.1) is 31.4 Å². The number of nitrogens with zero attached hydrogens (tertiary/aromatic N) is 4. The highest BCUT2D eigenvalue weighted by Crippen LogP contribution is 2.49. The molecule has 13 nitrogen and oxygen atoms in total. The molecule has 0 unspecified atom stereocenters. The van der Waals surface area contributed by atoms with Crippen molar-refractivity contribution in [3.8, 4) is 23.0 Å². The average molecular weight is 1140 g/mol. The van der Waals surface area contributed by atoms with Crippen LogP contribution in [0.15, 0.2) is 133 Å². The lowest BCUT2D eigenvalue weighted by atomic mass is 9.99. The summed E-state index contributed by atoms with van der Waals surface area (Å²) in [4.78, 5) is 25.4. The molecule has 0 amide bonds. The number of phenolic OH excluding ortho intramolecular Hbond substituents is 1. The largest absolute Gasteiger partial charge is 0.504 e. The van der Waals surface area contributed by atoms with Crippen LogP contribution in [0.2, 0.25) is 0 Å². The standard InChI is InChI=1S/C70H102N4O9/c1-50(2)25-16-26-51(3)27-17-28-52(4)29-18-30-53(5)31-19-32-54(6)33-20-34-55(7)35-21-36-56(8)37-22-38-57(9)39-23-40-58(10)41-24-42-59(11)43-44-61-60(12)68(70(80-15)69(79-14)67(61)76)82-49-64(75)81-48-47-73(13)62-45-46-63(74(77)78)66-65(62)71-83-72-66/h25,27,29,31,33,35,37,39,41,43,45-46,76H,16-24,26,28,30,32,34,36,38,40,42,44,47-49H2,1-15H3/b51-27+,52-29+,53-31+,54-33+,55-35+,56-37+,57-39+,58-41+,59-43+. The summed E-state index contributed by atoms with van der Waals surface area (Å²) in [5.74, 6) is -0.137. The number of ether oxygens (including phenoxy) is 4. The molecule has 3 rings (SSSR count). The van der Waals surface area contributed by atoms with Gasteiger partial charge < -0.3 is 29.0 Å². The highest BCUT2D eigenvalue weighted by molar-refractivity contribution is 5.93. The number of hydrogen-bond donors (Lipinski definition) is 1. The van der Waals surface area contributed by atoms with Gasteiger partial charge >= 0.3 is 11.7 Å². The number of aromatic hydroxyl groups is 1. The number of nitro benzene ring substituents is 1. The Hall–Kier alpha value is -6.89. The molecule has 0 saturated heterocycles. The van der Waals surface area contributed by atoms with Crippen LogP contribution in [0, 0.1) is 17.0 Å². The number of allylic oxidation sites excluding steroid dienone is 20. The molecule has 2 aromatic carbocycles. The van der Waals surface area contributed by atoms with E-state index in [0.717, 1.165) is 109 Å². The van der Waals surface area contributed by atoms with E-state index in [2.05, 4.69) is 147 Å². The summed E-state index contributed by atoms with van der Waals surface area (Å²) in [5, 5.41) is 30.2. The SMILES string of the molecule is COc1c(O)c(C/C=C(\C)CC/C=C(\C)CC/C=C(\C)CC/C=C(\C)CC/C=C(\C)CC/C=C(\C)CC/C=C(\C)CC/C=C(\C)CC/C=C(\C)CCC=C(C)C)c(C)c(OCC(=O)OCCN(C)c2ccc([N+](=O)[O-])c3nonc23)c1OC. The molecule has 0 bridgehead atoms. The molecule has 3 aromatic rings. The number of aromatic nitrogens is 2. The number of fused-ring (bicyclic) bond motifs is 1. The number of hydrogen-bond acceptors (Lipinski definition) is 12. The molecule has 83 heavy (non-hydrogen) atoms. The second-order valence-corrected chi connectivity index (χ2v) is 22.9. The average Bonchev–Trinajstić information content (AvgIpc) is 4.15. The highest BCUT2D eigenvalue weighted by atomic mass is 16.6. The van der Waals surface area contributed by atoms with Crippen molar-refractivity contribution < 1.29 is 38.4 Å². The molecule has 0 atom stereocenters. The van der Waals surface area contributed by atoms with Crippen LogP contribution < -0.4 is 19.1 Å². The van der Waals surface area contributed by atoms with Gasteiger partial charge in [0.25, 0.3) is 0 Å². The molecule has 1 aromatic heterocycles. The van der Waals surface area contributed by atoms with Gasteiger partial charge in [0.2, 0.25) is 17.0 Å². The second kappa shape index (κ2) is 38.8. The van der Waals surface area contributed by atoms with E-state index < -0.39 is 17.5 Å². The smallest absolute Gasteiger partial charge is 0.344 e. The van der Waals surface area contributed by atoms with Gasteiger partial charge in [-0.05, 0) is 221 Å². The number of likely N-dealkylation sites (N-methyl/N-ethyl adjacent to an activating group) is 1. The first-order chi connectivity index (χ1) is 39.6. The molecular weight excluding hydrogens is 1040 g/mol. The molecule has 0 spiro atoms. The molecule has 13 heteroatoms. The number of benzene rings is 2. The Kier molecular flexibility index (Phi) is 32.9. The Balaban J connectivity index is 1.34. The minimum atomic E-state index is -0.631. The fourth-order valence-electron chi connectivity index (χ4n) is 9.67. The lowest BCUT2D eigenvalue weighted by Gasteiger charge is -2.21. The van der Waals surface area contributed by atoms with Crippen molar-refractivity contribution in [3.63, 3.8) is 0 Å². The highest BCUT2D eigenvalue weighted by Gasteiger charge is 2.26. The molecule has 0 aliphatic rings. The lowest BCUT2D eigenvalue weighted by Crippen LogP contribution is -2.26. The van der Waals surface area contributed by atoms with Gasteiger partial charge in [-0.15, -0.1) is 0 Å². The maximum absolute atomic E-state index is 12.9. The fraction of sp³-hybridized carbons (Fsp3) is 0.529. The summed E-state index contributed by atoms with van der Waals surface area (Å²) >= 11 is 0. The van der Waals surface area contributed by atoms with Crippen molar-refractivity contribution in [3.05, 3.63) is 150 Å². The summed E-state index contributed by atoms with van der Waals surface area (Å²) in [5.41, 5.74) is 16.2. The number of carbonyl (C=O) groups excluding carboxylic acids is 1. The predicted molar refractivity (Wildman–Crippen MR) is 344 cm³/mol. The number of nitro groups is 1. The van der Waals surface area contributed by atoms with Crippen molar-refractivity contribution >= 4 is 28.4 Å². The topological polar surface area (TPSA) is 160 Å². The third-order valence-electron chi connectivity index (χ3n) is 15.1. The first kappa shape index (κ1) is 70.4. The van der Waals surface area contributed by atoms with E-state index in [0.29, 0.717) is 23.2 Å². The zero-order valence-corrected chi connectivity index (χ0v) is 53.5. The molecule has 0 radical (unpaired) electrons. The number of anilines is 1. The summed E-state index contributed by atoms with van der Waals surface area (Å²) in [6.07, 6.45) is 43.9. The van der Waals surface area contributed by atoms with Crippen LogP contribution in [0.1, 0.15) is 203 Å². The van der Waals surface area contributed by atoms with Gasteiger partial charge in [0, 0.05) is 24.2 Å². The third kappa shape index (κ3) is 26.9. The molecule has 0 saturated carbocycles. The van der Waals surface area contributed by atoms with Gasteiger partial charge in [-0.2, -0.15) is 0 Å². The molecule has 1 heterocycles. The minimum Gasteiger partial charge on any atom is -0.504 e. The number of phenols is 1. The van der Waals surface area contributed by atoms with Crippen LogP contribution in [0.5, 0.6) is 23.0 Å². The van der Waals surface area contributed by atoms with Crippen LogP contribution in [0.25, 0.3) is 11.0 Å². The van der Waals surface area contributed by atoms with Crippen LogP contribution >= 0.6 is 0 Å². The molecule has 0 aliphatic carbocycles. The summed E-state index contributed by atoms with van der Waals surface area (Å²) in [7, 11) is 4.60. The molecule has 456 valence electrons. The minimum absolute atomic E-state index is 0.00990. The Bertz CT molecular complexity index is 2880. The van der Waals surface area contributed by atoms with E-state index in [1.807, 2.05) is 0 Å². The van der Waals surface area contributed by atoms with Gasteiger partial charge in [-0.25, -0.2) is 9.42 Å². The van der Waals surface area contributed by atoms with E-state index in [1.54, 1.807) is 18.9 Å². The number of non-ortho nitro benzene ring substituents is 1. The molecule has 0 fully saturated rings. The van der Waals surface area contributed by atoms with Crippen molar-refractivity contribution in [1.82, 2.24) is 10.3 Å². The maximum Gasteiger partial charge on any atom is 0.344 e. The Labute approximate surface area is 498 Å². The monoisotopic (exact) mass is 1140 g/mol. The van der Waals surface area contributed by atoms with Crippen molar-refractivity contribution in [2.45, 2.75) is 205 Å². The number of methoxy groups -OCH3 is 2. The van der Waals surface area contributed by atoms with Gasteiger partial charge in [-0.3, -0.25) is 10.1 Å². The second-order valence-electron chi connectivity index (χ2n) is 22.9. The summed E-state index contributed by atoms with van der Waals surface area (Å²) in [6.45, 7) is 26.2. The normalized spacial score (nSPS) is 13.5. The number of carbonyl (C=O) groups is 1. The summed E-state index contributed by atoms with van der Waals surface area (Å²) < 4.78 is 27.3. The van der Waals surface area contributed by atoms with Crippen LogP contribution in [-0.4, -0.2) is 67.3 Å². The Morgan fingerprint density at radius 3 is 1.31 bits per heavy atom. The van der Waals surface area contributed by atoms with Crippen LogP contribution in [-0.2, 0) is 16.0 Å². The Morgan fingerprint density at radius 2 is 0.940 bits per heavy atom. The van der Waals surface area contributed by atoms with E-state index >= 15 is 0 Å². The number of esters is 1.